The second-order valence-corrected chi connectivity index (χ2v) is 8.07. The van der Waals surface area contributed by atoms with Gasteiger partial charge in [-0.3, -0.25) is 4.79 Å². The molecular weight excluding hydrogens is 314 g/mol. The van der Waals surface area contributed by atoms with Crippen molar-refractivity contribution in [2.24, 2.45) is 0 Å². The number of sulfone groups is 1. The molecule has 6 heteroatoms. The van der Waals surface area contributed by atoms with E-state index in [9.17, 15) is 13.2 Å². The smallest absolute Gasteiger partial charge is 0.257 e. The summed E-state index contributed by atoms with van der Waals surface area (Å²) in [6.07, 6.45) is 0.457. The van der Waals surface area contributed by atoms with Crippen LogP contribution in [0.3, 0.4) is 0 Å². The van der Waals surface area contributed by atoms with Gasteiger partial charge in [-0.1, -0.05) is 18.2 Å². The standard InChI is InChI=1S/C17H19NO4S/c1-12-10-16(13(2)22-12)17(19)18-9-8-15(11-18)23(20,21)14-6-4-3-5-7-14/h3-7,10,15H,8-9,11H2,1-2H3/t15-/m1/s1. The third kappa shape index (κ3) is 2.91. The fourth-order valence-corrected chi connectivity index (χ4v) is 4.70. The van der Waals surface area contributed by atoms with Crippen molar-refractivity contribution in [2.45, 2.75) is 30.4 Å². The van der Waals surface area contributed by atoms with Crippen molar-refractivity contribution < 1.29 is 17.6 Å². The van der Waals surface area contributed by atoms with E-state index in [0.29, 0.717) is 34.9 Å². The van der Waals surface area contributed by atoms with Gasteiger partial charge < -0.3 is 9.32 Å². The van der Waals surface area contributed by atoms with Crippen molar-refractivity contribution in [1.29, 1.82) is 0 Å². The second-order valence-electron chi connectivity index (χ2n) is 5.85. The summed E-state index contributed by atoms with van der Waals surface area (Å²) >= 11 is 0. The van der Waals surface area contributed by atoms with Crippen LogP contribution in [0.4, 0.5) is 0 Å². The number of nitrogens with zero attached hydrogens (tertiary/aromatic N) is 1. The van der Waals surface area contributed by atoms with Gasteiger partial charge in [0.25, 0.3) is 5.91 Å². The highest BCUT2D eigenvalue weighted by Gasteiger charge is 2.36. The summed E-state index contributed by atoms with van der Waals surface area (Å²) < 4.78 is 30.7. The molecule has 0 bridgehead atoms. The van der Waals surface area contributed by atoms with Gasteiger partial charge in [0, 0.05) is 13.1 Å². The number of aryl methyl sites for hydroxylation is 2. The fraction of sp³-hybridized carbons (Fsp3) is 0.353. The molecule has 1 amide bonds. The van der Waals surface area contributed by atoms with Crippen LogP contribution in [0.25, 0.3) is 0 Å². The zero-order chi connectivity index (χ0) is 16.6. The second kappa shape index (κ2) is 5.85. The lowest BCUT2D eigenvalue weighted by molar-refractivity contribution is 0.0791. The van der Waals surface area contributed by atoms with Crippen LogP contribution in [0, 0.1) is 13.8 Å². The Kier molecular flexibility index (Phi) is 4.02. The first-order chi connectivity index (χ1) is 10.9. The minimum absolute atomic E-state index is 0.162. The molecule has 1 aromatic carbocycles. The van der Waals surface area contributed by atoms with Gasteiger partial charge >= 0.3 is 0 Å². The maximum absolute atomic E-state index is 12.7. The Balaban J connectivity index is 1.79. The average Bonchev–Trinajstić information content (AvgIpc) is 3.14. The normalized spacial score (nSPS) is 18.3. The fourth-order valence-electron chi connectivity index (χ4n) is 2.98. The van der Waals surface area contributed by atoms with Gasteiger partial charge in [-0.15, -0.1) is 0 Å². The Morgan fingerprint density at radius 1 is 1.22 bits per heavy atom. The molecule has 0 spiro atoms. The highest BCUT2D eigenvalue weighted by atomic mass is 32.2. The predicted molar refractivity (Wildman–Crippen MR) is 86.1 cm³/mol. The first kappa shape index (κ1) is 15.8. The number of likely N-dealkylation sites (tertiary alicyclic amines) is 1. The van der Waals surface area contributed by atoms with E-state index in [2.05, 4.69) is 0 Å². The zero-order valence-corrected chi connectivity index (χ0v) is 14.0. The van der Waals surface area contributed by atoms with Crippen LogP contribution in [0.2, 0.25) is 0 Å². The zero-order valence-electron chi connectivity index (χ0n) is 13.2. The molecule has 2 heterocycles. The molecule has 0 N–H and O–H groups in total. The molecule has 1 aliphatic rings. The van der Waals surface area contributed by atoms with E-state index in [4.69, 9.17) is 4.42 Å². The molecule has 0 unspecified atom stereocenters. The molecule has 1 fully saturated rings. The van der Waals surface area contributed by atoms with Crippen LogP contribution in [0.1, 0.15) is 28.3 Å². The number of furan rings is 1. The Hall–Kier alpha value is -2.08. The molecule has 2 aromatic rings. The summed E-state index contributed by atoms with van der Waals surface area (Å²) in [5, 5.41) is -0.554. The monoisotopic (exact) mass is 333 g/mol. The van der Waals surface area contributed by atoms with Crippen molar-refractivity contribution in [3.63, 3.8) is 0 Å². The van der Waals surface area contributed by atoms with Gasteiger partial charge in [-0.05, 0) is 38.5 Å². The van der Waals surface area contributed by atoms with Crippen LogP contribution in [-0.4, -0.2) is 37.6 Å². The van der Waals surface area contributed by atoms with E-state index < -0.39 is 15.1 Å². The lowest BCUT2D eigenvalue weighted by atomic mass is 10.2. The van der Waals surface area contributed by atoms with Gasteiger partial charge in [-0.2, -0.15) is 0 Å². The number of benzene rings is 1. The van der Waals surface area contributed by atoms with Crippen LogP contribution < -0.4 is 0 Å². The summed E-state index contributed by atoms with van der Waals surface area (Å²) in [5.41, 5.74) is 0.514. The molecule has 23 heavy (non-hydrogen) atoms. The van der Waals surface area contributed by atoms with Crippen LogP contribution in [-0.2, 0) is 9.84 Å². The first-order valence-electron chi connectivity index (χ1n) is 7.55. The topological polar surface area (TPSA) is 67.6 Å². The Bertz CT molecular complexity index is 824. The van der Waals surface area contributed by atoms with E-state index in [1.54, 1.807) is 55.1 Å². The van der Waals surface area contributed by atoms with Crippen LogP contribution in [0.5, 0.6) is 0 Å². The lowest BCUT2D eigenvalue weighted by Gasteiger charge is -2.16. The molecule has 0 radical (unpaired) electrons. The molecule has 1 saturated heterocycles. The third-order valence-electron chi connectivity index (χ3n) is 4.21. The maximum atomic E-state index is 12.7. The van der Waals surface area contributed by atoms with Gasteiger partial charge in [-0.25, -0.2) is 8.42 Å². The van der Waals surface area contributed by atoms with Crippen molar-refractivity contribution >= 4 is 15.7 Å². The maximum Gasteiger partial charge on any atom is 0.257 e. The highest BCUT2D eigenvalue weighted by molar-refractivity contribution is 7.92. The molecule has 5 nitrogen and oxygen atoms in total. The lowest BCUT2D eigenvalue weighted by Crippen LogP contribution is -2.32. The summed E-state index contributed by atoms with van der Waals surface area (Å²) in [7, 11) is -3.41. The summed E-state index contributed by atoms with van der Waals surface area (Å²) in [6, 6.07) is 10.1. The molecule has 122 valence electrons. The molecular formula is C17H19NO4S. The van der Waals surface area contributed by atoms with Crippen molar-refractivity contribution in [3.8, 4) is 0 Å². The number of rotatable bonds is 3. The summed E-state index contributed by atoms with van der Waals surface area (Å²) in [6.45, 7) is 4.20. The number of carbonyl (C=O) groups is 1. The Morgan fingerprint density at radius 3 is 2.52 bits per heavy atom. The molecule has 3 rings (SSSR count). The predicted octanol–water partition coefficient (Wildman–Crippen LogP) is 2.58. The van der Waals surface area contributed by atoms with Crippen molar-refractivity contribution in [2.75, 3.05) is 13.1 Å². The van der Waals surface area contributed by atoms with Gasteiger partial charge in [0.2, 0.25) is 0 Å². The minimum atomic E-state index is -3.41. The largest absolute Gasteiger partial charge is 0.466 e. The minimum Gasteiger partial charge on any atom is -0.466 e. The highest BCUT2D eigenvalue weighted by Crippen LogP contribution is 2.26. The van der Waals surface area contributed by atoms with E-state index in [1.807, 2.05) is 0 Å². The Labute approximate surface area is 135 Å². The number of hydrogen-bond acceptors (Lipinski definition) is 4. The molecule has 0 aliphatic carbocycles. The number of carbonyl (C=O) groups excluding carboxylic acids is 1. The summed E-state index contributed by atoms with van der Waals surface area (Å²) in [5.74, 6) is 1.09. The van der Waals surface area contributed by atoms with Gasteiger partial charge in [0.05, 0.1) is 15.7 Å². The van der Waals surface area contributed by atoms with E-state index in [1.165, 1.54) is 0 Å². The number of hydrogen-bond donors (Lipinski definition) is 0. The van der Waals surface area contributed by atoms with Crippen LogP contribution >= 0.6 is 0 Å². The van der Waals surface area contributed by atoms with E-state index in [0.717, 1.165) is 0 Å². The molecule has 1 aliphatic heterocycles. The van der Waals surface area contributed by atoms with E-state index >= 15 is 0 Å². The first-order valence-corrected chi connectivity index (χ1v) is 9.09. The van der Waals surface area contributed by atoms with Gasteiger partial charge in [0.1, 0.15) is 11.5 Å². The number of amides is 1. The molecule has 1 atom stereocenters. The molecule has 1 aromatic heterocycles. The molecule has 0 saturated carbocycles. The quantitative estimate of drug-likeness (QED) is 0.866. The van der Waals surface area contributed by atoms with E-state index in [-0.39, 0.29) is 12.5 Å². The van der Waals surface area contributed by atoms with Crippen molar-refractivity contribution in [1.82, 2.24) is 4.90 Å². The van der Waals surface area contributed by atoms with Crippen LogP contribution in [0.15, 0.2) is 45.7 Å². The van der Waals surface area contributed by atoms with Crippen molar-refractivity contribution in [3.05, 3.63) is 53.5 Å². The van der Waals surface area contributed by atoms with Gasteiger partial charge in [0.15, 0.2) is 9.84 Å². The SMILES string of the molecule is Cc1cc(C(=O)N2CC[C@@H](S(=O)(=O)c3ccccc3)C2)c(C)o1. The Morgan fingerprint density at radius 2 is 1.91 bits per heavy atom. The summed E-state index contributed by atoms with van der Waals surface area (Å²) in [4.78, 5) is 14.5. The third-order valence-corrected chi connectivity index (χ3v) is 6.41. The average molecular weight is 333 g/mol.